The van der Waals surface area contributed by atoms with Crippen molar-refractivity contribution >= 4 is 18.4 Å². The van der Waals surface area contributed by atoms with Crippen molar-refractivity contribution in [3.8, 4) is 11.5 Å². The molecule has 0 saturated carbocycles. The molecule has 2 rings (SSSR count). The second-order valence-electron chi connectivity index (χ2n) is 4.98. The Morgan fingerprint density at radius 1 is 1.35 bits per heavy atom. The summed E-state index contributed by atoms with van der Waals surface area (Å²) in [6.07, 6.45) is 4.42. The number of hydrogen-bond donors (Lipinski definition) is 1. The van der Waals surface area contributed by atoms with Crippen molar-refractivity contribution in [2.24, 2.45) is 5.10 Å². The van der Waals surface area contributed by atoms with Gasteiger partial charge in [-0.25, -0.2) is 0 Å². The Balaban J connectivity index is 2.36. The standard InChI is InChI=1S/C16H22N4O2S/c1-4-7-14-18-19-16(23)20(14)17-11-12-8-6-9-13(21-3)15(12)22-10-5-2/h6,8-9,11H,4-5,7,10H2,1-3H3,(H,19,23)/b17-11-. The van der Waals surface area contributed by atoms with Gasteiger partial charge in [-0.3, -0.25) is 5.10 Å². The number of aromatic amines is 1. The molecule has 23 heavy (non-hydrogen) atoms. The number of H-pyrrole nitrogens is 1. The first-order chi connectivity index (χ1) is 11.2. The highest BCUT2D eigenvalue weighted by Gasteiger charge is 2.09. The Labute approximate surface area is 141 Å². The quantitative estimate of drug-likeness (QED) is 0.592. The summed E-state index contributed by atoms with van der Waals surface area (Å²) in [4.78, 5) is 0. The van der Waals surface area contributed by atoms with E-state index in [0.29, 0.717) is 22.9 Å². The molecule has 0 radical (unpaired) electrons. The maximum atomic E-state index is 5.81. The average Bonchev–Trinajstić information content (AvgIpc) is 2.91. The molecule has 0 aliphatic heterocycles. The van der Waals surface area contributed by atoms with Crippen LogP contribution in [0.25, 0.3) is 0 Å². The third-order valence-corrected chi connectivity index (χ3v) is 3.45. The molecule has 0 spiro atoms. The predicted molar refractivity (Wildman–Crippen MR) is 93.2 cm³/mol. The Kier molecular flexibility index (Phi) is 6.34. The fourth-order valence-corrected chi connectivity index (χ4v) is 2.30. The van der Waals surface area contributed by atoms with Crippen molar-refractivity contribution in [3.05, 3.63) is 34.4 Å². The highest BCUT2D eigenvalue weighted by molar-refractivity contribution is 7.71. The first-order valence-electron chi connectivity index (χ1n) is 7.71. The van der Waals surface area contributed by atoms with Gasteiger partial charge >= 0.3 is 0 Å². The number of benzene rings is 1. The van der Waals surface area contributed by atoms with E-state index in [-0.39, 0.29) is 0 Å². The number of methoxy groups -OCH3 is 1. The van der Waals surface area contributed by atoms with Crippen molar-refractivity contribution < 1.29 is 9.47 Å². The van der Waals surface area contributed by atoms with Crippen LogP contribution in [0.15, 0.2) is 23.3 Å². The van der Waals surface area contributed by atoms with Crippen LogP contribution >= 0.6 is 12.2 Å². The van der Waals surface area contributed by atoms with Crippen LogP contribution in [0.5, 0.6) is 11.5 Å². The molecule has 2 aromatic rings. The Morgan fingerprint density at radius 3 is 2.87 bits per heavy atom. The van der Waals surface area contributed by atoms with Gasteiger partial charge in [-0.15, -0.1) is 0 Å². The predicted octanol–water partition coefficient (Wildman–Crippen LogP) is 3.57. The van der Waals surface area contributed by atoms with Gasteiger partial charge in [-0.2, -0.15) is 14.9 Å². The number of nitrogens with one attached hydrogen (secondary N) is 1. The summed E-state index contributed by atoms with van der Waals surface area (Å²) < 4.78 is 13.3. The van der Waals surface area contributed by atoms with Crippen LogP contribution in [-0.2, 0) is 6.42 Å². The maximum absolute atomic E-state index is 5.81. The lowest BCUT2D eigenvalue weighted by atomic mass is 10.2. The lowest BCUT2D eigenvalue weighted by Gasteiger charge is -2.12. The number of aromatic nitrogens is 3. The van der Waals surface area contributed by atoms with Gasteiger partial charge in [-0.05, 0) is 37.2 Å². The van der Waals surface area contributed by atoms with Crippen LogP contribution in [0.4, 0.5) is 0 Å². The van der Waals surface area contributed by atoms with Crippen LogP contribution in [0, 0.1) is 4.77 Å². The molecule has 0 aliphatic carbocycles. The van der Waals surface area contributed by atoms with Gasteiger partial charge in [0.05, 0.1) is 19.9 Å². The van der Waals surface area contributed by atoms with Gasteiger partial charge in [-0.1, -0.05) is 19.9 Å². The number of ether oxygens (including phenoxy) is 2. The molecule has 6 nitrogen and oxygen atoms in total. The first kappa shape index (κ1) is 17.2. The Morgan fingerprint density at radius 2 is 2.17 bits per heavy atom. The molecule has 0 fully saturated rings. The fraction of sp³-hybridized carbons (Fsp3) is 0.438. The molecule has 0 amide bonds. The zero-order chi connectivity index (χ0) is 16.7. The minimum absolute atomic E-state index is 0.476. The van der Waals surface area contributed by atoms with Gasteiger partial charge in [0.15, 0.2) is 17.3 Å². The third-order valence-electron chi connectivity index (χ3n) is 3.18. The van der Waals surface area contributed by atoms with E-state index in [2.05, 4.69) is 29.1 Å². The van der Waals surface area contributed by atoms with Crippen molar-refractivity contribution in [1.82, 2.24) is 14.9 Å². The smallest absolute Gasteiger partial charge is 0.216 e. The number of aryl methyl sites for hydroxylation is 1. The molecule has 0 saturated heterocycles. The number of hydrogen-bond acceptors (Lipinski definition) is 5. The number of rotatable bonds is 8. The van der Waals surface area contributed by atoms with Gasteiger partial charge in [0, 0.05) is 12.0 Å². The van der Waals surface area contributed by atoms with E-state index < -0.39 is 0 Å². The highest BCUT2D eigenvalue weighted by atomic mass is 32.1. The topological polar surface area (TPSA) is 64.4 Å². The van der Waals surface area contributed by atoms with Crippen molar-refractivity contribution in [3.63, 3.8) is 0 Å². The monoisotopic (exact) mass is 334 g/mol. The van der Waals surface area contributed by atoms with Crippen molar-refractivity contribution in [2.45, 2.75) is 33.1 Å². The van der Waals surface area contributed by atoms with Gasteiger partial charge in [0.2, 0.25) is 4.77 Å². The fourth-order valence-electron chi connectivity index (χ4n) is 2.10. The SMILES string of the molecule is CCCOc1c(/C=N\n2c(CCC)n[nH]c2=S)cccc1OC. The normalized spacial score (nSPS) is 11.1. The molecule has 1 aromatic carbocycles. The summed E-state index contributed by atoms with van der Waals surface area (Å²) >= 11 is 5.23. The minimum Gasteiger partial charge on any atom is -0.493 e. The lowest BCUT2D eigenvalue weighted by Crippen LogP contribution is -2.03. The van der Waals surface area contributed by atoms with Gasteiger partial charge in [0.1, 0.15) is 0 Å². The zero-order valence-corrected chi connectivity index (χ0v) is 14.5. The van der Waals surface area contributed by atoms with Gasteiger partial charge in [0.25, 0.3) is 0 Å². The third kappa shape index (κ3) is 4.19. The van der Waals surface area contributed by atoms with E-state index in [0.717, 1.165) is 30.7 Å². The summed E-state index contributed by atoms with van der Waals surface area (Å²) in [5.74, 6) is 2.19. The lowest BCUT2D eigenvalue weighted by molar-refractivity contribution is 0.294. The van der Waals surface area contributed by atoms with E-state index in [1.54, 1.807) is 18.0 Å². The summed E-state index contributed by atoms with van der Waals surface area (Å²) in [7, 11) is 1.63. The molecule has 0 aliphatic rings. The number of nitrogens with zero attached hydrogens (tertiary/aromatic N) is 3. The molecule has 0 bridgehead atoms. The molecule has 0 atom stereocenters. The van der Waals surface area contributed by atoms with Crippen molar-refractivity contribution in [2.75, 3.05) is 13.7 Å². The van der Waals surface area contributed by atoms with E-state index in [1.165, 1.54) is 0 Å². The number of para-hydroxylation sites is 1. The second-order valence-corrected chi connectivity index (χ2v) is 5.37. The second kappa shape index (κ2) is 8.47. The van der Waals surface area contributed by atoms with Crippen LogP contribution in [0.3, 0.4) is 0 Å². The van der Waals surface area contributed by atoms with E-state index in [4.69, 9.17) is 21.7 Å². The molecule has 7 heteroatoms. The van der Waals surface area contributed by atoms with Crippen LogP contribution in [-0.4, -0.2) is 34.8 Å². The minimum atomic E-state index is 0.476. The summed E-state index contributed by atoms with van der Waals surface area (Å²) in [6.45, 7) is 4.77. The first-order valence-corrected chi connectivity index (χ1v) is 8.12. The summed E-state index contributed by atoms with van der Waals surface area (Å²) in [5.41, 5.74) is 0.836. The van der Waals surface area contributed by atoms with Crippen LogP contribution in [0.2, 0.25) is 0 Å². The molecule has 0 unspecified atom stereocenters. The highest BCUT2D eigenvalue weighted by Crippen LogP contribution is 2.30. The molecule has 1 N–H and O–H groups in total. The van der Waals surface area contributed by atoms with E-state index in [1.807, 2.05) is 18.2 Å². The van der Waals surface area contributed by atoms with E-state index >= 15 is 0 Å². The van der Waals surface area contributed by atoms with Gasteiger partial charge < -0.3 is 9.47 Å². The zero-order valence-electron chi connectivity index (χ0n) is 13.7. The molecule has 1 heterocycles. The largest absolute Gasteiger partial charge is 0.493 e. The van der Waals surface area contributed by atoms with Crippen molar-refractivity contribution in [1.29, 1.82) is 0 Å². The summed E-state index contributed by atoms with van der Waals surface area (Å²) in [6, 6.07) is 5.70. The molecular weight excluding hydrogens is 312 g/mol. The van der Waals surface area contributed by atoms with Crippen LogP contribution < -0.4 is 9.47 Å². The van der Waals surface area contributed by atoms with E-state index in [9.17, 15) is 0 Å². The average molecular weight is 334 g/mol. The molecule has 1 aromatic heterocycles. The molecular formula is C16H22N4O2S. The maximum Gasteiger partial charge on any atom is 0.216 e. The summed E-state index contributed by atoms with van der Waals surface area (Å²) in [5, 5.41) is 11.4. The Bertz CT molecular complexity index is 721. The Hall–Kier alpha value is -2.15. The molecule has 124 valence electrons. The van der Waals surface area contributed by atoms with Crippen LogP contribution in [0.1, 0.15) is 38.1 Å².